The summed E-state index contributed by atoms with van der Waals surface area (Å²) in [5.41, 5.74) is 0.174. The summed E-state index contributed by atoms with van der Waals surface area (Å²) in [6.07, 6.45) is 0.552. The lowest BCUT2D eigenvalue weighted by Gasteiger charge is -2.10. The molecule has 0 fully saturated rings. The molecule has 0 saturated heterocycles. The van der Waals surface area contributed by atoms with E-state index in [-0.39, 0.29) is 29.4 Å². The highest BCUT2D eigenvalue weighted by atomic mass is 19.1. The van der Waals surface area contributed by atoms with Gasteiger partial charge < -0.3 is 14.3 Å². The Bertz CT molecular complexity index is 1060. The lowest BCUT2D eigenvalue weighted by Crippen LogP contribution is -2.05. The fraction of sp³-hybridized carbons (Fsp3) is 0.167. The molecule has 134 valence electrons. The molecule has 0 bridgehead atoms. The number of fused-ring (bicyclic) bond motifs is 1. The number of phenols is 1. The number of benzene rings is 2. The Balaban J connectivity index is 2.03. The van der Waals surface area contributed by atoms with Gasteiger partial charge in [0.05, 0.1) is 4.92 Å². The van der Waals surface area contributed by atoms with Crippen molar-refractivity contribution in [3.8, 4) is 11.5 Å². The van der Waals surface area contributed by atoms with Gasteiger partial charge in [0.1, 0.15) is 23.8 Å². The second kappa shape index (κ2) is 6.83. The van der Waals surface area contributed by atoms with Gasteiger partial charge in [-0.1, -0.05) is 6.92 Å². The largest absolute Gasteiger partial charge is 0.508 e. The summed E-state index contributed by atoms with van der Waals surface area (Å²) in [7, 11) is 0. The summed E-state index contributed by atoms with van der Waals surface area (Å²) in [5.74, 6) is -0.922. The molecule has 3 rings (SSSR count). The molecule has 0 saturated carbocycles. The topological polar surface area (TPSA) is 103 Å². The van der Waals surface area contributed by atoms with E-state index < -0.39 is 16.4 Å². The Labute approximate surface area is 146 Å². The Morgan fingerprint density at radius 3 is 2.69 bits per heavy atom. The quantitative estimate of drug-likeness (QED) is 0.423. The molecular formula is C18H14FNO6. The van der Waals surface area contributed by atoms with Gasteiger partial charge in [-0.25, -0.2) is 9.18 Å². The van der Waals surface area contributed by atoms with E-state index in [1.54, 1.807) is 6.07 Å². The van der Waals surface area contributed by atoms with Crippen LogP contribution in [-0.2, 0) is 13.0 Å². The summed E-state index contributed by atoms with van der Waals surface area (Å²) in [6, 6.07) is 7.08. The number of hydrogen-bond acceptors (Lipinski definition) is 6. The summed E-state index contributed by atoms with van der Waals surface area (Å²) < 4.78 is 23.9. The summed E-state index contributed by atoms with van der Waals surface area (Å²) >= 11 is 0. The predicted octanol–water partition coefficient (Wildman–Crippen LogP) is 3.69. The molecule has 0 radical (unpaired) electrons. The number of ether oxygens (including phenoxy) is 1. The third-order valence-corrected chi connectivity index (χ3v) is 3.91. The van der Waals surface area contributed by atoms with Gasteiger partial charge in [0.2, 0.25) is 0 Å². The summed E-state index contributed by atoms with van der Waals surface area (Å²) in [5, 5.41) is 21.5. The molecule has 0 atom stereocenters. The zero-order chi connectivity index (χ0) is 18.8. The first-order valence-electron chi connectivity index (χ1n) is 7.74. The third kappa shape index (κ3) is 3.34. The lowest BCUT2D eigenvalue weighted by atomic mass is 10.0. The SMILES string of the molecule is CCc1cc2c(COc3cc(F)ccc3[N+](=O)[O-])cc(=O)oc2cc1O. The molecular weight excluding hydrogens is 345 g/mol. The standard InChI is InChI=1S/C18H14FNO6/c1-2-10-5-13-11(6-18(22)26-16(13)8-15(10)21)9-25-17-7-12(19)3-4-14(17)20(23)24/h3-8,21H,2,9H2,1H3. The maximum atomic E-state index is 13.4. The number of rotatable bonds is 5. The second-order valence-corrected chi connectivity index (χ2v) is 5.58. The van der Waals surface area contributed by atoms with E-state index in [0.29, 0.717) is 22.9 Å². The molecule has 1 aromatic heterocycles. The molecule has 0 spiro atoms. The minimum atomic E-state index is -0.681. The third-order valence-electron chi connectivity index (χ3n) is 3.91. The van der Waals surface area contributed by atoms with Gasteiger partial charge in [-0.05, 0) is 24.1 Å². The smallest absolute Gasteiger partial charge is 0.336 e. The average molecular weight is 359 g/mol. The van der Waals surface area contributed by atoms with E-state index >= 15 is 0 Å². The van der Waals surface area contributed by atoms with Crippen LogP contribution in [0.4, 0.5) is 10.1 Å². The normalized spacial score (nSPS) is 10.8. The van der Waals surface area contributed by atoms with E-state index in [1.165, 1.54) is 12.1 Å². The van der Waals surface area contributed by atoms with Crippen molar-refractivity contribution in [1.29, 1.82) is 0 Å². The van der Waals surface area contributed by atoms with Crippen LogP contribution < -0.4 is 10.4 Å². The minimum absolute atomic E-state index is 0.00184. The molecule has 2 aromatic carbocycles. The maximum Gasteiger partial charge on any atom is 0.336 e. The van der Waals surface area contributed by atoms with Crippen LogP contribution in [0.25, 0.3) is 11.0 Å². The highest BCUT2D eigenvalue weighted by Gasteiger charge is 2.17. The molecule has 26 heavy (non-hydrogen) atoms. The van der Waals surface area contributed by atoms with Crippen LogP contribution in [0, 0.1) is 15.9 Å². The van der Waals surface area contributed by atoms with E-state index in [1.807, 2.05) is 6.92 Å². The van der Waals surface area contributed by atoms with Crippen LogP contribution in [0.15, 0.2) is 45.6 Å². The van der Waals surface area contributed by atoms with Crippen molar-refractivity contribution in [3.05, 3.63) is 73.9 Å². The zero-order valence-electron chi connectivity index (χ0n) is 13.7. The van der Waals surface area contributed by atoms with E-state index in [0.717, 1.165) is 18.2 Å². The molecule has 0 aliphatic heterocycles. The fourth-order valence-corrected chi connectivity index (χ4v) is 2.62. The van der Waals surface area contributed by atoms with Crippen LogP contribution in [0.5, 0.6) is 11.5 Å². The number of halogens is 1. The van der Waals surface area contributed by atoms with E-state index in [2.05, 4.69) is 0 Å². The Hall–Kier alpha value is -3.42. The van der Waals surface area contributed by atoms with Crippen LogP contribution in [-0.4, -0.2) is 10.0 Å². The Morgan fingerprint density at radius 1 is 1.23 bits per heavy atom. The highest BCUT2D eigenvalue weighted by molar-refractivity contribution is 5.82. The minimum Gasteiger partial charge on any atom is -0.508 e. The molecule has 0 aliphatic carbocycles. The van der Waals surface area contributed by atoms with Gasteiger partial charge in [-0.2, -0.15) is 0 Å². The summed E-state index contributed by atoms with van der Waals surface area (Å²) in [4.78, 5) is 22.1. The maximum absolute atomic E-state index is 13.4. The molecule has 0 aliphatic rings. The van der Waals surface area contributed by atoms with Gasteiger partial charge in [0, 0.05) is 35.2 Å². The molecule has 0 unspecified atom stereocenters. The van der Waals surface area contributed by atoms with Gasteiger partial charge in [-0.15, -0.1) is 0 Å². The lowest BCUT2D eigenvalue weighted by molar-refractivity contribution is -0.386. The average Bonchev–Trinajstić information content (AvgIpc) is 2.58. The predicted molar refractivity (Wildman–Crippen MR) is 90.9 cm³/mol. The van der Waals surface area contributed by atoms with Gasteiger partial charge >= 0.3 is 11.3 Å². The van der Waals surface area contributed by atoms with Crippen LogP contribution in [0.1, 0.15) is 18.1 Å². The number of nitro groups is 1. The van der Waals surface area contributed by atoms with Crippen molar-refractivity contribution in [2.45, 2.75) is 20.0 Å². The zero-order valence-corrected chi connectivity index (χ0v) is 13.7. The van der Waals surface area contributed by atoms with E-state index in [9.17, 15) is 24.4 Å². The summed E-state index contributed by atoms with van der Waals surface area (Å²) in [6.45, 7) is 1.65. The van der Waals surface area contributed by atoms with Gasteiger partial charge in [0.15, 0.2) is 5.75 Å². The van der Waals surface area contributed by atoms with Crippen LogP contribution in [0.2, 0.25) is 0 Å². The molecule has 7 nitrogen and oxygen atoms in total. The van der Waals surface area contributed by atoms with Crippen LogP contribution >= 0.6 is 0 Å². The van der Waals surface area contributed by atoms with Crippen molar-refractivity contribution >= 4 is 16.7 Å². The number of aromatic hydroxyl groups is 1. The first kappa shape index (κ1) is 17.4. The van der Waals surface area contributed by atoms with Crippen molar-refractivity contribution in [2.75, 3.05) is 0 Å². The van der Waals surface area contributed by atoms with Crippen molar-refractivity contribution < 1.29 is 23.6 Å². The molecule has 8 heteroatoms. The molecule has 0 amide bonds. The number of nitrogens with zero attached hydrogens (tertiary/aromatic N) is 1. The second-order valence-electron chi connectivity index (χ2n) is 5.58. The number of aryl methyl sites for hydroxylation is 1. The van der Waals surface area contributed by atoms with Crippen molar-refractivity contribution in [2.24, 2.45) is 0 Å². The van der Waals surface area contributed by atoms with Gasteiger partial charge in [-0.3, -0.25) is 10.1 Å². The Morgan fingerprint density at radius 2 is 2.00 bits per heavy atom. The molecule has 1 N–H and O–H groups in total. The monoisotopic (exact) mass is 359 g/mol. The molecule has 3 aromatic rings. The van der Waals surface area contributed by atoms with Crippen molar-refractivity contribution in [3.63, 3.8) is 0 Å². The number of phenolic OH excluding ortho intramolecular Hbond substituents is 1. The van der Waals surface area contributed by atoms with Crippen LogP contribution in [0.3, 0.4) is 0 Å². The molecule has 1 heterocycles. The fourth-order valence-electron chi connectivity index (χ4n) is 2.62. The first-order chi connectivity index (χ1) is 12.4. The Kier molecular flexibility index (Phi) is 4.57. The highest BCUT2D eigenvalue weighted by Crippen LogP contribution is 2.30. The first-order valence-corrected chi connectivity index (χ1v) is 7.74. The van der Waals surface area contributed by atoms with E-state index in [4.69, 9.17) is 9.15 Å². The number of nitro benzene ring substituents is 1. The number of hydrogen-bond donors (Lipinski definition) is 1. The van der Waals surface area contributed by atoms with Gasteiger partial charge in [0.25, 0.3) is 0 Å². The van der Waals surface area contributed by atoms with Crippen molar-refractivity contribution in [1.82, 2.24) is 0 Å².